The van der Waals surface area contributed by atoms with Gasteiger partial charge in [0.25, 0.3) is 0 Å². The fourth-order valence-electron chi connectivity index (χ4n) is 15.3. The summed E-state index contributed by atoms with van der Waals surface area (Å²) in [6, 6.07) is 14.7. The molecule has 0 spiro atoms. The van der Waals surface area contributed by atoms with Gasteiger partial charge in [0.2, 0.25) is 0 Å². The number of nitrogens with zero attached hydrogens (tertiary/aromatic N) is 1. The summed E-state index contributed by atoms with van der Waals surface area (Å²) in [7, 11) is 3.47. The monoisotopic (exact) mass is 996 g/mol. The average molecular weight is 997 g/mol. The number of fused-ring (bicyclic) bond motifs is 8. The van der Waals surface area contributed by atoms with Crippen LogP contribution in [0.25, 0.3) is 0 Å². The number of aliphatic hydroxyl groups excluding tert-OH is 2. The number of hydrogen-bond donors (Lipinski definition) is 7. The summed E-state index contributed by atoms with van der Waals surface area (Å²) in [5.41, 5.74) is 17.8. The van der Waals surface area contributed by atoms with E-state index < -0.39 is 29.2 Å². The third-order valence-electron chi connectivity index (χ3n) is 18.7. The Bertz CT molecular complexity index is 2830. The zero-order valence-electron chi connectivity index (χ0n) is 40.3. The zero-order chi connectivity index (χ0) is 49.3. The number of benzene rings is 3. The number of carbonyl (C=O) groups excluding carboxylic acids is 1. The van der Waals surface area contributed by atoms with Crippen molar-refractivity contribution in [2.45, 2.75) is 132 Å². The van der Waals surface area contributed by atoms with Gasteiger partial charge in [-0.05, 0) is 175 Å². The van der Waals surface area contributed by atoms with Crippen LogP contribution in [-0.2, 0) is 23.4 Å². The number of aryl methyl sites for hydroxylation is 1. The van der Waals surface area contributed by atoms with Crippen LogP contribution in [0, 0.1) is 45.3 Å². The molecule has 374 valence electrons. The molecule has 9 atom stereocenters. The lowest BCUT2D eigenvalue weighted by molar-refractivity contribution is -0.307. The van der Waals surface area contributed by atoms with Crippen molar-refractivity contribution in [3.8, 4) is 29.1 Å². The molecule has 5 saturated carbocycles. The van der Waals surface area contributed by atoms with Crippen LogP contribution >= 0.6 is 21.6 Å². The van der Waals surface area contributed by atoms with Gasteiger partial charge in [-0.3, -0.25) is 9.79 Å². The van der Waals surface area contributed by atoms with Crippen molar-refractivity contribution in [1.82, 2.24) is 0 Å². The van der Waals surface area contributed by atoms with E-state index in [2.05, 4.69) is 29.0 Å². The Morgan fingerprint density at radius 2 is 1.70 bits per heavy atom. The van der Waals surface area contributed by atoms with Gasteiger partial charge in [-0.2, -0.15) is 0 Å². The van der Waals surface area contributed by atoms with Crippen LogP contribution in [0.15, 0.2) is 89.3 Å². The highest BCUT2D eigenvalue weighted by Crippen LogP contribution is 2.77. The van der Waals surface area contributed by atoms with Gasteiger partial charge in [-0.25, -0.2) is 0 Å². The van der Waals surface area contributed by atoms with Crippen LogP contribution in [0.2, 0.25) is 0 Å². The minimum atomic E-state index is -1.08. The molecule has 0 radical (unpaired) electrons. The molecule has 2 heterocycles. The summed E-state index contributed by atoms with van der Waals surface area (Å²) in [5.74, 6) is 8.17. The third-order valence-corrected chi connectivity index (χ3v) is 21.2. The van der Waals surface area contributed by atoms with E-state index in [0.29, 0.717) is 84.1 Å². The molecule has 71 heavy (non-hydrogen) atoms. The summed E-state index contributed by atoms with van der Waals surface area (Å²) in [6.07, 6.45) is 17.1. The molecule has 8 aliphatic rings. The van der Waals surface area contributed by atoms with E-state index in [1.807, 2.05) is 24.3 Å². The summed E-state index contributed by atoms with van der Waals surface area (Å²) in [5, 5.41) is 71.5. The number of ketones is 1. The van der Waals surface area contributed by atoms with Crippen LogP contribution in [0.3, 0.4) is 0 Å². The normalized spacial score (nSPS) is 34.6. The third kappa shape index (κ3) is 8.77. The Morgan fingerprint density at radius 1 is 0.887 bits per heavy atom. The first kappa shape index (κ1) is 48.7. The summed E-state index contributed by atoms with van der Waals surface area (Å²) < 4.78 is 6.20. The number of phenolic OH excluding ortho intramolecular Hbond substituents is 2. The van der Waals surface area contributed by atoms with Gasteiger partial charge in [-0.15, -0.1) is 5.76 Å². The highest BCUT2D eigenvalue weighted by atomic mass is 33.1. The molecule has 3 aromatic carbocycles. The van der Waals surface area contributed by atoms with Crippen molar-refractivity contribution in [3.63, 3.8) is 0 Å². The van der Waals surface area contributed by atoms with Crippen LogP contribution in [-0.4, -0.2) is 67.7 Å². The van der Waals surface area contributed by atoms with Gasteiger partial charge >= 0.3 is 0 Å². The first-order chi connectivity index (χ1) is 34.1. The number of aliphatic imine (C=N–C) groups is 1. The fourth-order valence-corrected chi connectivity index (χ4v) is 18.1. The van der Waals surface area contributed by atoms with Crippen LogP contribution in [0.1, 0.15) is 141 Å². The summed E-state index contributed by atoms with van der Waals surface area (Å²) >= 11 is 0. The van der Waals surface area contributed by atoms with Crippen molar-refractivity contribution in [2.75, 3.05) is 19.0 Å². The highest BCUT2D eigenvalue weighted by Gasteiger charge is 2.70. The Labute approximate surface area is 424 Å². The van der Waals surface area contributed by atoms with Crippen molar-refractivity contribution in [1.29, 1.82) is 0 Å². The van der Waals surface area contributed by atoms with Crippen LogP contribution < -0.4 is 21.3 Å². The van der Waals surface area contributed by atoms with Gasteiger partial charge in [0.15, 0.2) is 17.3 Å². The number of nitrogens with two attached hydrogens (primary N) is 2. The number of phenols is 2. The van der Waals surface area contributed by atoms with Crippen molar-refractivity contribution < 1.29 is 40.2 Å². The van der Waals surface area contributed by atoms with Crippen molar-refractivity contribution in [3.05, 3.63) is 123 Å². The second-order valence-corrected chi connectivity index (χ2v) is 25.2. The minimum Gasteiger partial charge on any atom is -0.875 e. The van der Waals surface area contributed by atoms with E-state index in [1.165, 1.54) is 0 Å². The maximum atomic E-state index is 14.3. The van der Waals surface area contributed by atoms with Crippen LogP contribution in [0.4, 0.5) is 0 Å². The zero-order valence-corrected chi connectivity index (χ0v) is 42.0. The number of aliphatic hydroxyl groups is 3. The molecule has 11 nitrogen and oxygen atoms in total. The topological polar surface area (TPSA) is 215 Å². The maximum absolute atomic E-state index is 14.3. The van der Waals surface area contributed by atoms with E-state index in [9.17, 15) is 35.4 Å². The first-order valence-electron chi connectivity index (χ1n) is 25.7. The van der Waals surface area contributed by atoms with E-state index in [0.717, 1.165) is 79.2 Å². The predicted octanol–water partition coefficient (Wildman–Crippen LogP) is 8.07. The summed E-state index contributed by atoms with van der Waals surface area (Å²) in [6.45, 7) is -0.0132. The largest absolute Gasteiger partial charge is 0.875 e. The first-order valence-corrected chi connectivity index (χ1v) is 28.2. The quantitative estimate of drug-likeness (QED) is 0.0738. The average Bonchev–Trinajstić information content (AvgIpc) is 4.04. The van der Waals surface area contributed by atoms with Crippen molar-refractivity contribution >= 4 is 33.1 Å². The number of ether oxygens (including phenoxy) is 1. The summed E-state index contributed by atoms with van der Waals surface area (Å²) in [4.78, 5) is 18.5. The van der Waals surface area contributed by atoms with E-state index in [1.54, 1.807) is 58.1 Å². The van der Waals surface area contributed by atoms with Gasteiger partial charge in [0.05, 0.1) is 43.2 Å². The molecule has 13 heteroatoms. The molecule has 9 unspecified atom stereocenters. The lowest BCUT2D eigenvalue weighted by Gasteiger charge is -2.64. The Kier molecular flexibility index (Phi) is 12.9. The molecule has 0 saturated heterocycles. The molecule has 0 aromatic heterocycles. The van der Waals surface area contributed by atoms with Gasteiger partial charge in [0, 0.05) is 53.0 Å². The van der Waals surface area contributed by atoms with Gasteiger partial charge in [-0.1, -0.05) is 70.2 Å². The van der Waals surface area contributed by atoms with E-state index in [-0.39, 0.29) is 71.3 Å². The molecular formula is C58H66N3O8S2-. The molecule has 8 bridgehead atoms. The molecule has 0 amide bonds. The number of allylic oxidation sites excluding steroid dienone is 5. The smallest absolute Gasteiger partial charge is 0.161 e. The Balaban J connectivity index is 0.980. The molecule has 11 rings (SSSR count). The minimum absolute atomic E-state index is 0.00520. The lowest BCUT2D eigenvalue weighted by atomic mass is 9.41. The number of hydrogen-bond acceptors (Lipinski definition) is 13. The SMILES string of the molecule is NC(N)c1cc2c3cc1CSSCC14CC5CC67CCCC6(CC5C(C=CC(=O)CCc5ccc(O)c(c5)OCCc5ccc(O)c(c5)C3CC([O-])=C3C=CN=C3CC#C2)(CC1O)C4)CC(O)(CO)CC7. The van der Waals surface area contributed by atoms with E-state index in [4.69, 9.17) is 16.2 Å². The molecule has 5 fully saturated rings. The van der Waals surface area contributed by atoms with Gasteiger partial charge < -0.3 is 46.8 Å². The number of rotatable bonds is 2. The maximum Gasteiger partial charge on any atom is 0.161 e. The Morgan fingerprint density at radius 3 is 2.54 bits per heavy atom. The fraction of sp³-hybridized carbons (Fsp3) is 0.517. The molecule has 6 aliphatic carbocycles. The van der Waals surface area contributed by atoms with E-state index >= 15 is 0 Å². The number of carbonyl (C=O) groups is 1. The molecule has 9 N–H and O–H groups in total. The second-order valence-electron chi connectivity index (χ2n) is 22.7. The lowest BCUT2D eigenvalue weighted by Crippen LogP contribution is -2.59. The predicted molar refractivity (Wildman–Crippen MR) is 276 cm³/mol. The molecular weight excluding hydrogens is 931 g/mol. The number of aromatic hydroxyl groups is 2. The standard InChI is InChI=1S/C58H67N3O8S2/c59-53(60)43-23-37-3-1-4-47-41(12-19-61-47)50(66)25-44-42(37)24-38(43)30-70-71-34-55-26-39-27-56-14-2-15-57(56,32-58(68,33-62)18-17-56)28-46(39)54(31-55,29-52(55)67)16-11-40(63)8-5-35-7-10-49(65)51(22-35)69-20-13-36-6-9-48(64)45(44)21-36/h6-7,9-12,16,19,21-24,39,44,46,52-53,62,64-68H,2,4-5,8,13-15,17-18,20,25-34,59-60H2/p-1. The molecule has 3 aromatic rings. The van der Waals surface area contributed by atoms with Crippen LogP contribution in [0.5, 0.6) is 17.2 Å². The van der Waals surface area contributed by atoms with Crippen molar-refractivity contribution in [2.24, 2.45) is 50.0 Å². The Hall–Kier alpha value is -4.52. The second kappa shape index (κ2) is 18.8. The van der Waals surface area contributed by atoms with Gasteiger partial charge in [0.1, 0.15) is 5.75 Å². The molecule has 2 aliphatic heterocycles. The highest BCUT2D eigenvalue weighted by molar-refractivity contribution is 8.76.